The third-order valence-corrected chi connectivity index (χ3v) is 7.27. The number of hydrogen-bond acceptors (Lipinski definition) is 6. The van der Waals surface area contributed by atoms with E-state index in [2.05, 4.69) is 48.5 Å². The zero-order valence-electron chi connectivity index (χ0n) is 23.9. The highest BCUT2D eigenvalue weighted by molar-refractivity contribution is 7.15. The molecule has 1 heterocycles. The van der Waals surface area contributed by atoms with Crippen molar-refractivity contribution in [2.75, 3.05) is 24.7 Å². The van der Waals surface area contributed by atoms with Crippen LogP contribution in [0.5, 0.6) is 0 Å². The summed E-state index contributed by atoms with van der Waals surface area (Å²) in [6.45, 7) is 14.2. The lowest BCUT2D eigenvalue weighted by Crippen LogP contribution is -2.32. The lowest BCUT2D eigenvalue weighted by atomic mass is 9.86. The van der Waals surface area contributed by atoms with Crippen LogP contribution in [0.1, 0.15) is 61.7 Å². The lowest BCUT2D eigenvalue weighted by Gasteiger charge is -2.29. The van der Waals surface area contributed by atoms with Gasteiger partial charge >= 0.3 is 0 Å². The van der Waals surface area contributed by atoms with Crippen LogP contribution < -0.4 is 10.6 Å². The summed E-state index contributed by atoms with van der Waals surface area (Å²) >= 11 is 1.50. The summed E-state index contributed by atoms with van der Waals surface area (Å²) < 4.78 is 0. The number of aryl methyl sites for hydroxylation is 1. The van der Waals surface area contributed by atoms with E-state index in [9.17, 15) is 9.90 Å². The molecule has 0 aliphatic heterocycles. The SMILES string of the molecule is C/C=C(\C=C(\Nc1ncc(C)s1)C(=O)N(C)C)c1cccc(N[C@@](C)(O)c2ccc(C(C)(C)C)cc2)c1C. The van der Waals surface area contributed by atoms with E-state index in [1.165, 1.54) is 16.9 Å². The van der Waals surface area contributed by atoms with Gasteiger partial charge in [0, 0.05) is 36.4 Å². The molecule has 202 valence electrons. The fraction of sp³-hybridized carbons (Fsp3) is 0.355. The van der Waals surface area contributed by atoms with Gasteiger partial charge in [-0.25, -0.2) is 4.98 Å². The second-order valence-electron chi connectivity index (χ2n) is 10.9. The average Bonchev–Trinajstić information content (AvgIpc) is 3.26. The van der Waals surface area contributed by atoms with E-state index in [4.69, 9.17) is 0 Å². The Kier molecular flexibility index (Phi) is 8.85. The largest absolute Gasteiger partial charge is 0.367 e. The fourth-order valence-electron chi connectivity index (χ4n) is 4.10. The van der Waals surface area contributed by atoms with Gasteiger partial charge in [-0.3, -0.25) is 4.79 Å². The molecule has 0 saturated carbocycles. The zero-order valence-corrected chi connectivity index (χ0v) is 24.7. The molecule has 0 aliphatic rings. The van der Waals surface area contributed by atoms with Gasteiger partial charge < -0.3 is 20.6 Å². The number of hydrogen-bond donors (Lipinski definition) is 3. The number of benzene rings is 2. The molecule has 0 spiro atoms. The van der Waals surface area contributed by atoms with Crippen LogP contribution in [0.25, 0.3) is 5.57 Å². The highest BCUT2D eigenvalue weighted by Crippen LogP contribution is 2.32. The van der Waals surface area contributed by atoms with Crippen molar-refractivity contribution < 1.29 is 9.90 Å². The van der Waals surface area contributed by atoms with Crippen LogP contribution in [0.3, 0.4) is 0 Å². The minimum atomic E-state index is -1.28. The number of nitrogens with zero attached hydrogens (tertiary/aromatic N) is 2. The normalized spacial score (nSPS) is 14.2. The summed E-state index contributed by atoms with van der Waals surface area (Å²) in [7, 11) is 3.46. The van der Waals surface area contributed by atoms with Gasteiger partial charge in [0.1, 0.15) is 5.70 Å². The van der Waals surface area contributed by atoms with Crippen molar-refractivity contribution in [3.63, 3.8) is 0 Å². The van der Waals surface area contributed by atoms with E-state index < -0.39 is 5.72 Å². The van der Waals surface area contributed by atoms with Gasteiger partial charge in [-0.2, -0.15) is 0 Å². The predicted octanol–water partition coefficient (Wildman–Crippen LogP) is 6.82. The Morgan fingerprint density at radius 2 is 1.66 bits per heavy atom. The molecule has 38 heavy (non-hydrogen) atoms. The molecule has 1 amide bonds. The number of aliphatic hydroxyl groups is 1. The number of nitrogens with one attached hydrogen (secondary N) is 2. The topological polar surface area (TPSA) is 77.5 Å². The van der Waals surface area contributed by atoms with E-state index in [-0.39, 0.29) is 11.3 Å². The summed E-state index contributed by atoms with van der Waals surface area (Å²) in [5.41, 5.74) is 4.80. The predicted molar refractivity (Wildman–Crippen MR) is 160 cm³/mol. The van der Waals surface area contributed by atoms with Crippen molar-refractivity contribution in [2.24, 2.45) is 0 Å². The molecule has 2 aromatic carbocycles. The smallest absolute Gasteiger partial charge is 0.269 e. The van der Waals surface area contributed by atoms with E-state index in [1.54, 1.807) is 32.1 Å². The van der Waals surface area contributed by atoms with Gasteiger partial charge in [-0.15, -0.1) is 11.3 Å². The molecule has 0 radical (unpaired) electrons. The number of carbonyl (C=O) groups excluding carboxylic acids is 1. The summed E-state index contributed by atoms with van der Waals surface area (Å²) in [5, 5.41) is 18.6. The Bertz CT molecular complexity index is 1340. The minimum Gasteiger partial charge on any atom is -0.367 e. The number of rotatable bonds is 8. The number of likely N-dealkylation sites (N-methyl/N-ethyl adjacent to an activating group) is 1. The van der Waals surface area contributed by atoms with Crippen molar-refractivity contribution in [2.45, 2.75) is 59.6 Å². The minimum absolute atomic E-state index is 0.0409. The van der Waals surface area contributed by atoms with E-state index >= 15 is 0 Å². The highest BCUT2D eigenvalue weighted by Gasteiger charge is 2.25. The quantitative estimate of drug-likeness (QED) is 0.169. The van der Waals surface area contributed by atoms with Gasteiger partial charge in [0.15, 0.2) is 10.9 Å². The Morgan fingerprint density at radius 3 is 2.18 bits per heavy atom. The Morgan fingerprint density at radius 1 is 1.03 bits per heavy atom. The number of aromatic nitrogens is 1. The maximum absolute atomic E-state index is 13.0. The third kappa shape index (κ3) is 6.91. The summed E-state index contributed by atoms with van der Waals surface area (Å²) in [6, 6.07) is 14.0. The number of thiazole rings is 1. The van der Waals surface area contributed by atoms with Crippen molar-refractivity contribution in [3.8, 4) is 0 Å². The summed E-state index contributed by atoms with van der Waals surface area (Å²) in [6.07, 6.45) is 5.62. The van der Waals surface area contributed by atoms with E-state index in [1.807, 2.05) is 63.3 Å². The second kappa shape index (κ2) is 11.5. The first-order valence-electron chi connectivity index (χ1n) is 12.7. The standard InChI is InChI=1S/C31H40N4O2S/c1-10-22(18-27(28(36)35(8)9)33-29-32-19-20(2)38-29)25-12-11-13-26(21(25)3)34-31(7,37)24-16-14-23(15-17-24)30(4,5)6/h10-19,34,37H,1-9H3,(H,32,33)/b22-10+,27-18+/t31-/m0/s1. The maximum Gasteiger partial charge on any atom is 0.269 e. The number of anilines is 2. The third-order valence-electron chi connectivity index (χ3n) is 6.45. The molecule has 1 aromatic heterocycles. The summed E-state index contributed by atoms with van der Waals surface area (Å²) in [5.74, 6) is -0.147. The average molecular weight is 533 g/mol. The van der Waals surface area contributed by atoms with Crippen LogP contribution in [-0.4, -0.2) is 35.0 Å². The van der Waals surface area contributed by atoms with Gasteiger partial charge in [0.05, 0.1) is 0 Å². The Balaban J connectivity index is 1.95. The Hall–Kier alpha value is -3.42. The first-order valence-corrected chi connectivity index (χ1v) is 13.5. The van der Waals surface area contributed by atoms with Gasteiger partial charge in [0.25, 0.3) is 5.91 Å². The highest BCUT2D eigenvalue weighted by atomic mass is 32.1. The van der Waals surface area contributed by atoms with Gasteiger partial charge in [0.2, 0.25) is 0 Å². The molecule has 1 atom stereocenters. The molecule has 3 N–H and O–H groups in total. The van der Waals surface area contributed by atoms with Crippen LogP contribution >= 0.6 is 11.3 Å². The zero-order chi connectivity index (χ0) is 28.3. The van der Waals surface area contributed by atoms with Crippen LogP contribution in [0.4, 0.5) is 10.8 Å². The summed E-state index contributed by atoms with van der Waals surface area (Å²) in [4.78, 5) is 20.0. The molecule has 3 aromatic rings. The van der Waals surface area contributed by atoms with E-state index in [0.717, 1.165) is 32.8 Å². The first kappa shape index (κ1) is 29.1. The molecule has 0 unspecified atom stereocenters. The van der Waals surface area contributed by atoms with Gasteiger partial charge in [-0.05, 0) is 67.5 Å². The van der Waals surface area contributed by atoms with Crippen molar-refractivity contribution in [3.05, 3.63) is 93.6 Å². The number of allylic oxidation sites excluding steroid dienone is 3. The van der Waals surface area contributed by atoms with Crippen molar-refractivity contribution in [1.82, 2.24) is 9.88 Å². The molecular weight excluding hydrogens is 492 g/mol. The number of amides is 1. The van der Waals surface area contributed by atoms with Crippen LogP contribution in [0, 0.1) is 13.8 Å². The van der Waals surface area contributed by atoms with E-state index in [0.29, 0.717) is 10.8 Å². The Labute approximate surface area is 231 Å². The maximum atomic E-state index is 13.0. The molecule has 0 fully saturated rings. The monoisotopic (exact) mass is 532 g/mol. The molecule has 0 aliphatic carbocycles. The van der Waals surface area contributed by atoms with Gasteiger partial charge in [-0.1, -0.05) is 63.2 Å². The molecule has 7 heteroatoms. The van der Waals surface area contributed by atoms with Crippen LogP contribution in [-0.2, 0) is 15.9 Å². The van der Waals surface area contributed by atoms with Crippen molar-refractivity contribution >= 4 is 33.6 Å². The molecular formula is C31H40N4O2S. The fourth-order valence-corrected chi connectivity index (χ4v) is 4.78. The molecule has 0 bridgehead atoms. The first-order chi connectivity index (χ1) is 17.7. The second-order valence-corrected chi connectivity index (χ2v) is 12.1. The van der Waals surface area contributed by atoms with Crippen molar-refractivity contribution in [1.29, 1.82) is 0 Å². The molecule has 3 rings (SSSR count). The van der Waals surface area contributed by atoms with Crippen LogP contribution in [0.2, 0.25) is 0 Å². The number of carbonyl (C=O) groups is 1. The van der Waals surface area contributed by atoms with Crippen LogP contribution in [0.15, 0.2) is 66.5 Å². The molecule has 0 saturated heterocycles. The molecule has 6 nitrogen and oxygen atoms in total. The lowest BCUT2D eigenvalue weighted by molar-refractivity contribution is -0.124.